The number of aryl methyl sites for hydroxylation is 1. The number of anilines is 1. The molecule has 0 fully saturated rings. The maximum atomic E-state index is 12.6. The minimum atomic E-state index is -0.682. The van der Waals surface area contributed by atoms with E-state index in [0.717, 1.165) is 16.7 Å². The van der Waals surface area contributed by atoms with Crippen molar-refractivity contribution < 1.29 is 19.1 Å². The summed E-state index contributed by atoms with van der Waals surface area (Å²) in [4.78, 5) is 25.1. The first-order chi connectivity index (χ1) is 13.5. The molecule has 0 bridgehead atoms. The fourth-order valence-corrected chi connectivity index (χ4v) is 3.20. The Morgan fingerprint density at radius 3 is 2.11 bits per heavy atom. The molecule has 6 nitrogen and oxygen atoms in total. The van der Waals surface area contributed by atoms with Crippen LogP contribution < -0.4 is 5.73 Å². The molecular weight excluding hydrogens is 356 g/mol. The van der Waals surface area contributed by atoms with Gasteiger partial charge in [-0.1, -0.05) is 60.2 Å². The summed E-state index contributed by atoms with van der Waals surface area (Å²) in [5, 5.41) is 0. The smallest absolute Gasteiger partial charge is 0.355 e. The predicted octanol–water partition coefficient (Wildman–Crippen LogP) is 3.67. The molecule has 0 unspecified atom stereocenters. The summed E-state index contributed by atoms with van der Waals surface area (Å²) in [6, 6.07) is 17.3. The van der Waals surface area contributed by atoms with Crippen molar-refractivity contribution in [2.24, 2.45) is 0 Å². The number of hydrogen-bond donors (Lipinski definition) is 1. The Bertz CT molecular complexity index is 1010. The van der Waals surface area contributed by atoms with Crippen LogP contribution in [0.4, 0.5) is 5.69 Å². The molecule has 3 aromatic rings. The highest BCUT2D eigenvalue weighted by atomic mass is 16.5. The van der Waals surface area contributed by atoms with Crippen molar-refractivity contribution in [3.63, 3.8) is 0 Å². The molecule has 0 saturated carbocycles. The second-order valence-electron chi connectivity index (χ2n) is 6.41. The van der Waals surface area contributed by atoms with E-state index < -0.39 is 11.9 Å². The third-order valence-electron chi connectivity index (χ3n) is 4.58. The third kappa shape index (κ3) is 3.49. The first kappa shape index (κ1) is 19.2. The summed E-state index contributed by atoms with van der Waals surface area (Å²) < 4.78 is 11.6. The molecule has 0 aliphatic rings. The van der Waals surface area contributed by atoms with Gasteiger partial charge in [0.05, 0.1) is 25.6 Å². The zero-order valence-electron chi connectivity index (χ0n) is 16.1. The number of ether oxygens (including phenoxy) is 2. The minimum absolute atomic E-state index is 0.0147. The largest absolute Gasteiger partial charge is 0.465 e. The van der Waals surface area contributed by atoms with Gasteiger partial charge >= 0.3 is 11.9 Å². The molecule has 1 aromatic heterocycles. The molecule has 144 valence electrons. The molecule has 28 heavy (non-hydrogen) atoms. The topological polar surface area (TPSA) is 83.5 Å². The molecule has 0 spiro atoms. The Morgan fingerprint density at radius 2 is 1.54 bits per heavy atom. The van der Waals surface area contributed by atoms with E-state index in [4.69, 9.17) is 15.2 Å². The van der Waals surface area contributed by atoms with Gasteiger partial charge in [0.25, 0.3) is 0 Å². The lowest BCUT2D eigenvalue weighted by Crippen LogP contribution is -2.17. The van der Waals surface area contributed by atoms with Gasteiger partial charge in [-0.3, -0.25) is 0 Å². The van der Waals surface area contributed by atoms with E-state index in [1.54, 1.807) is 4.57 Å². The van der Waals surface area contributed by atoms with Crippen molar-refractivity contribution in [3.8, 4) is 11.3 Å². The van der Waals surface area contributed by atoms with Crippen molar-refractivity contribution in [2.45, 2.75) is 13.5 Å². The molecule has 2 N–H and O–H groups in total. The van der Waals surface area contributed by atoms with Crippen molar-refractivity contribution in [3.05, 3.63) is 77.0 Å². The van der Waals surface area contributed by atoms with Gasteiger partial charge < -0.3 is 19.8 Å². The van der Waals surface area contributed by atoms with E-state index in [-0.39, 0.29) is 16.9 Å². The molecule has 1 heterocycles. The van der Waals surface area contributed by atoms with E-state index in [9.17, 15) is 9.59 Å². The Morgan fingerprint density at radius 1 is 0.929 bits per heavy atom. The molecule has 0 saturated heterocycles. The maximum Gasteiger partial charge on any atom is 0.355 e. The number of carbonyl (C=O) groups excluding carboxylic acids is 2. The number of carbonyl (C=O) groups is 2. The summed E-state index contributed by atoms with van der Waals surface area (Å²) in [6.45, 7) is 2.32. The molecule has 2 aromatic carbocycles. The molecule has 0 radical (unpaired) electrons. The molecule has 0 aliphatic heterocycles. The van der Waals surface area contributed by atoms with Crippen molar-refractivity contribution in [2.75, 3.05) is 20.0 Å². The van der Waals surface area contributed by atoms with Crippen LogP contribution in [0.15, 0.2) is 54.6 Å². The predicted molar refractivity (Wildman–Crippen MR) is 107 cm³/mol. The summed E-state index contributed by atoms with van der Waals surface area (Å²) in [7, 11) is 2.52. The number of nitrogen functional groups attached to an aromatic ring is 1. The van der Waals surface area contributed by atoms with Gasteiger partial charge in [-0.05, 0) is 12.5 Å². The Kier molecular flexibility index (Phi) is 5.49. The van der Waals surface area contributed by atoms with E-state index in [1.807, 2.05) is 61.5 Å². The quantitative estimate of drug-likeness (QED) is 0.685. The number of aromatic nitrogens is 1. The fraction of sp³-hybridized carbons (Fsp3) is 0.182. The van der Waals surface area contributed by atoms with Crippen molar-refractivity contribution in [1.82, 2.24) is 4.57 Å². The summed E-state index contributed by atoms with van der Waals surface area (Å²) in [6.07, 6.45) is 0. The van der Waals surface area contributed by atoms with Gasteiger partial charge in [0.15, 0.2) is 0 Å². The average molecular weight is 378 g/mol. The van der Waals surface area contributed by atoms with E-state index in [1.165, 1.54) is 14.2 Å². The molecule has 0 amide bonds. The highest BCUT2D eigenvalue weighted by Gasteiger charge is 2.31. The summed E-state index contributed by atoms with van der Waals surface area (Å²) >= 11 is 0. The summed E-state index contributed by atoms with van der Waals surface area (Å²) in [5.41, 5.74) is 10.0. The zero-order chi connectivity index (χ0) is 20.3. The number of nitrogens with zero attached hydrogens (tertiary/aromatic N) is 1. The van der Waals surface area contributed by atoms with Crippen molar-refractivity contribution in [1.29, 1.82) is 0 Å². The van der Waals surface area contributed by atoms with Gasteiger partial charge in [0.1, 0.15) is 11.3 Å². The van der Waals surface area contributed by atoms with Crippen LogP contribution in [-0.4, -0.2) is 30.7 Å². The van der Waals surface area contributed by atoms with Gasteiger partial charge in [0, 0.05) is 12.1 Å². The van der Waals surface area contributed by atoms with Crippen LogP contribution in [-0.2, 0) is 16.0 Å². The van der Waals surface area contributed by atoms with Crippen LogP contribution in [0.5, 0.6) is 0 Å². The molecule has 6 heteroatoms. The van der Waals surface area contributed by atoms with E-state index >= 15 is 0 Å². The number of hydrogen-bond acceptors (Lipinski definition) is 5. The number of benzene rings is 2. The Hall–Kier alpha value is -3.54. The van der Waals surface area contributed by atoms with E-state index in [0.29, 0.717) is 12.2 Å². The first-order valence-electron chi connectivity index (χ1n) is 8.77. The normalized spacial score (nSPS) is 10.5. The number of esters is 2. The molecule has 0 atom stereocenters. The van der Waals surface area contributed by atoms with Crippen LogP contribution >= 0.6 is 0 Å². The second-order valence-corrected chi connectivity index (χ2v) is 6.41. The van der Waals surface area contributed by atoms with Crippen LogP contribution in [0.3, 0.4) is 0 Å². The average Bonchev–Trinajstić information content (AvgIpc) is 3.00. The van der Waals surface area contributed by atoms with Crippen molar-refractivity contribution >= 4 is 17.6 Å². The second kappa shape index (κ2) is 8.00. The number of rotatable bonds is 5. The SMILES string of the molecule is COC(=O)c1c(N)c(-c2ccc(C)cc2)n(Cc2ccccc2)c1C(=O)OC. The highest BCUT2D eigenvalue weighted by molar-refractivity contribution is 6.09. The van der Waals surface area contributed by atoms with Gasteiger partial charge in [-0.15, -0.1) is 0 Å². The standard InChI is InChI=1S/C22H22N2O4/c1-14-9-11-16(12-10-14)19-18(23)17(21(25)27-2)20(22(26)28-3)24(19)13-15-7-5-4-6-8-15/h4-12H,13,23H2,1-3H3. The first-order valence-corrected chi connectivity index (χ1v) is 8.77. The minimum Gasteiger partial charge on any atom is -0.465 e. The van der Waals surface area contributed by atoms with Crippen LogP contribution in [0.25, 0.3) is 11.3 Å². The Balaban J connectivity index is 2.32. The molecule has 3 rings (SSSR count). The monoisotopic (exact) mass is 378 g/mol. The number of nitrogens with two attached hydrogens (primary N) is 1. The van der Waals surface area contributed by atoms with Gasteiger partial charge in [0.2, 0.25) is 0 Å². The number of methoxy groups -OCH3 is 2. The van der Waals surface area contributed by atoms with Crippen LogP contribution in [0, 0.1) is 6.92 Å². The molecular formula is C22H22N2O4. The Labute approximate surface area is 163 Å². The van der Waals surface area contributed by atoms with Crippen LogP contribution in [0.1, 0.15) is 32.0 Å². The lowest BCUT2D eigenvalue weighted by molar-refractivity contribution is 0.0548. The highest BCUT2D eigenvalue weighted by Crippen LogP contribution is 2.36. The lowest BCUT2D eigenvalue weighted by atomic mass is 10.1. The molecule has 0 aliphatic carbocycles. The maximum absolute atomic E-state index is 12.6. The van der Waals surface area contributed by atoms with Crippen LogP contribution in [0.2, 0.25) is 0 Å². The van der Waals surface area contributed by atoms with E-state index in [2.05, 4.69) is 0 Å². The zero-order valence-corrected chi connectivity index (χ0v) is 16.1. The van der Waals surface area contributed by atoms with Gasteiger partial charge in [-0.2, -0.15) is 0 Å². The third-order valence-corrected chi connectivity index (χ3v) is 4.58. The fourth-order valence-electron chi connectivity index (χ4n) is 3.20. The summed E-state index contributed by atoms with van der Waals surface area (Å²) in [5.74, 6) is -1.33. The lowest BCUT2D eigenvalue weighted by Gasteiger charge is -2.14. The van der Waals surface area contributed by atoms with Gasteiger partial charge in [-0.25, -0.2) is 9.59 Å².